The number of aromatic nitrogens is 2. The Kier molecular flexibility index (Phi) is 6.78. The Hall–Kier alpha value is -3.82. The van der Waals surface area contributed by atoms with Crippen LogP contribution in [0.1, 0.15) is 21.6 Å². The average Bonchev–Trinajstić information content (AvgIpc) is 2.97. The second kappa shape index (κ2) is 10.5. The van der Waals surface area contributed by atoms with Crippen molar-refractivity contribution in [2.45, 2.75) is 18.1 Å². The standard InChI is InChI=1S/C29H29N5O3S/c1-38(36)29-30-25-20-33(26-13-7-11-21-8-5-6-12-23(21)26)15-14-24(25)27(31-29)32-16-18-34(19-17-32)37-28(35)22-9-3-2-4-10-22/h2-13H,14-20H2,1H3. The molecule has 9 heteroatoms. The van der Waals surface area contributed by atoms with E-state index in [0.29, 0.717) is 43.4 Å². The molecule has 0 amide bonds. The monoisotopic (exact) mass is 527 g/mol. The zero-order chi connectivity index (χ0) is 26.1. The maximum atomic E-state index is 12.5. The zero-order valence-corrected chi connectivity index (χ0v) is 22.1. The van der Waals surface area contributed by atoms with Crippen LogP contribution in [0.3, 0.4) is 0 Å². The molecule has 8 nitrogen and oxygen atoms in total. The van der Waals surface area contributed by atoms with Crippen LogP contribution >= 0.6 is 0 Å². The van der Waals surface area contributed by atoms with Crippen LogP contribution < -0.4 is 9.80 Å². The SMILES string of the molecule is CS(=O)c1nc2c(c(N3CCN(OC(=O)c4ccccc4)CC3)n1)CCN(c1cccc3ccccc13)C2. The molecule has 194 valence electrons. The van der Waals surface area contributed by atoms with Crippen molar-refractivity contribution in [3.8, 4) is 0 Å². The number of anilines is 2. The Balaban J connectivity index is 1.22. The van der Waals surface area contributed by atoms with Gasteiger partial charge in [-0.3, -0.25) is 4.21 Å². The van der Waals surface area contributed by atoms with Crippen LogP contribution in [-0.2, 0) is 28.6 Å². The summed E-state index contributed by atoms with van der Waals surface area (Å²) in [5.41, 5.74) is 3.76. The molecule has 2 aliphatic rings. The number of carbonyl (C=O) groups excluding carboxylic acids is 1. The lowest BCUT2D eigenvalue weighted by Gasteiger charge is -2.37. The Morgan fingerprint density at radius 1 is 0.842 bits per heavy atom. The van der Waals surface area contributed by atoms with Crippen molar-refractivity contribution < 1.29 is 13.8 Å². The minimum absolute atomic E-state index is 0.351. The van der Waals surface area contributed by atoms with E-state index < -0.39 is 10.8 Å². The first-order chi connectivity index (χ1) is 18.6. The molecule has 1 saturated heterocycles. The smallest absolute Gasteiger partial charge is 0.357 e. The third kappa shape index (κ3) is 4.87. The number of fused-ring (bicyclic) bond motifs is 2. The summed E-state index contributed by atoms with van der Waals surface area (Å²) in [6, 6.07) is 23.8. The minimum atomic E-state index is -1.30. The predicted octanol–water partition coefficient (Wildman–Crippen LogP) is 3.82. The van der Waals surface area contributed by atoms with Crippen molar-refractivity contribution in [3.63, 3.8) is 0 Å². The van der Waals surface area contributed by atoms with Gasteiger partial charge in [-0.1, -0.05) is 54.6 Å². The van der Waals surface area contributed by atoms with E-state index in [1.54, 1.807) is 23.5 Å². The molecule has 0 saturated carbocycles. The van der Waals surface area contributed by atoms with Crippen LogP contribution in [-0.4, -0.2) is 64.2 Å². The first-order valence-corrected chi connectivity index (χ1v) is 14.4. The first-order valence-electron chi connectivity index (χ1n) is 12.8. The van der Waals surface area contributed by atoms with Crippen molar-refractivity contribution in [2.75, 3.05) is 48.8 Å². The third-order valence-corrected chi connectivity index (χ3v) is 7.84. The summed E-state index contributed by atoms with van der Waals surface area (Å²) in [5, 5.41) is 4.49. The highest BCUT2D eigenvalue weighted by molar-refractivity contribution is 7.84. The van der Waals surface area contributed by atoms with Gasteiger partial charge in [0.15, 0.2) is 0 Å². The molecule has 2 aliphatic heterocycles. The summed E-state index contributed by atoms with van der Waals surface area (Å²) in [6.07, 6.45) is 2.42. The van der Waals surface area contributed by atoms with Crippen molar-refractivity contribution in [1.82, 2.24) is 15.0 Å². The van der Waals surface area contributed by atoms with E-state index >= 15 is 0 Å². The number of carbonyl (C=O) groups is 1. The minimum Gasteiger partial charge on any atom is -0.365 e. The van der Waals surface area contributed by atoms with Gasteiger partial charge >= 0.3 is 5.97 Å². The summed E-state index contributed by atoms with van der Waals surface area (Å²) in [4.78, 5) is 32.2. The lowest BCUT2D eigenvalue weighted by molar-refractivity contribution is -0.112. The fourth-order valence-corrected chi connectivity index (χ4v) is 5.66. The van der Waals surface area contributed by atoms with Crippen molar-refractivity contribution in [2.24, 2.45) is 0 Å². The lowest BCUT2D eigenvalue weighted by Crippen LogP contribution is -2.48. The van der Waals surface area contributed by atoms with Gasteiger partial charge in [0.25, 0.3) is 0 Å². The van der Waals surface area contributed by atoms with E-state index in [-0.39, 0.29) is 5.97 Å². The van der Waals surface area contributed by atoms with E-state index in [9.17, 15) is 9.00 Å². The van der Waals surface area contributed by atoms with E-state index in [1.807, 2.05) is 18.2 Å². The Morgan fingerprint density at radius 3 is 2.37 bits per heavy atom. The highest BCUT2D eigenvalue weighted by atomic mass is 32.2. The Bertz CT molecular complexity index is 1500. The third-order valence-electron chi connectivity index (χ3n) is 7.15. The van der Waals surface area contributed by atoms with Gasteiger partial charge in [-0.05, 0) is 30.0 Å². The largest absolute Gasteiger partial charge is 0.365 e. The summed E-state index contributed by atoms with van der Waals surface area (Å²) in [6.45, 7) is 3.90. The van der Waals surface area contributed by atoms with Crippen LogP contribution in [0.4, 0.5) is 11.5 Å². The van der Waals surface area contributed by atoms with E-state index in [2.05, 4.69) is 52.3 Å². The van der Waals surface area contributed by atoms with Crippen LogP contribution in [0.5, 0.6) is 0 Å². The van der Waals surface area contributed by atoms with Gasteiger partial charge < -0.3 is 14.6 Å². The second-order valence-electron chi connectivity index (χ2n) is 9.54. The van der Waals surface area contributed by atoms with Crippen LogP contribution in [0.15, 0.2) is 78.0 Å². The molecule has 6 rings (SSSR count). The summed E-state index contributed by atoms with van der Waals surface area (Å²) in [7, 11) is -1.30. The van der Waals surface area contributed by atoms with E-state index in [0.717, 1.165) is 30.0 Å². The molecule has 4 aromatic rings. The van der Waals surface area contributed by atoms with Gasteiger partial charge in [0.1, 0.15) is 5.82 Å². The Labute approximate surface area is 224 Å². The van der Waals surface area contributed by atoms with Gasteiger partial charge in [0.05, 0.1) is 41.7 Å². The van der Waals surface area contributed by atoms with Crippen molar-refractivity contribution in [1.29, 1.82) is 0 Å². The van der Waals surface area contributed by atoms with Crippen molar-refractivity contribution in [3.05, 3.63) is 89.6 Å². The summed E-state index contributed by atoms with van der Waals surface area (Å²) in [5.74, 6) is 0.502. The van der Waals surface area contributed by atoms with E-state index in [4.69, 9.17) is 14.8 Å². The number of piperazine rings is 1. The molecule has 3 heterocycles. The van der Waals surface area contributed by atoms with Gasteiger partial charge in [0.2, 0.25) is 5.16 Å². The van der Waals surface area contributed by atoms with Gasteiger partial charge in [-0.25, -0.2) is 14.8 Å². The van der Waals surface area contributed by atoms with Gasteiger partial charge in [-0.15, -0.1) is 5.06 Å². The number of rotatable bonds is 5. The first kappa shape index (κ1) is 24.5. The number of benzene rings is 3. The number of hydrogen-bond donors (Lipinski definition) is 0. The molecular formula is C29H29N5O3S. The van der Waals surface area contributed by atoms with Crippen LogP contribution in [0.25, 0.3) is 10.8 Å². The maximum Gasteiger partial charge on any atom is 0.357 e. The van der Waals surface area contributed by atoms with Gasteiger partial charge in [-0.2, -0.15) is 0 Å². The van der Waals surface area contributed by atoms with Crippen LogP contribution in [0, 0.1) is 0 Å². The second-order valence-corrected chi connectivity index (χ2v) is 10.8. The molecule has 0 aliphatic carbocycles. The molecule has 1 fully saturated rings. The molecule has 0 spiro atoms. The highest BCUT2D eigenvalue weighted by Gasteiger charge is 2.29. The normalized spacial score (nSPS) is 16.8. The topological polar surface area (TPSA) is 78.9 Å². The highest BCUT2D eigenvalue weighted by Crippen LogP contribution is 2.33. The van der Waals surface area contributed by atoms with Crippen LogP contribution in [0.2, 0.25) is 0 Å². The summed E-state index contributed by atoms with van der Waals surface area (Å²) < 4.78 is 12.5. The molecule has 0 radical (unpaired) electrons. The fourth-order valence-electron chi connectivity index (χ4n) is 5.20. The summed E-state index contributed by atoms with van der Waals surface area (Å²) >= 11 is 0. The van der Waals surface area contributed by atoms with Crippen molar-refractivity contribution >= 4 is 39.0 Å². The molecule has 38 heavy (non-hydrogen) atoms. The molecule has 1 atom stereocenters. The maximum absolute atomic E-state index is 12.5. The number of nitrogens with zero attached hydrogens (tertiary/aromatic N) is 5. The molecule has 1 aromatic heterocycles. The lowest BCUT2D eigenvalue weighted by atomic mass is 10.0. The molecule has 3 aromatic carbocycles. The molecule has 0 N–H and O–H groups in total. The zero-order valence-electron chi connectivity index (χ0n) is 21.2. The number of hydroxylamine groups is 2. The van der Waals surface area contributed by atoms with Gasteiger partial charge in [0, 0.05) is 42.5 Å². The average molecular weight is 528 g/mol. The molecule has 1 unspecified atom stereocenters. The fraction of sp³-hybridized carbons (Fsp3) is 0.276. The number of hydrogen-bond acceptors (Lipinski definition) is 8. The molecule has 0 bridgehead atoms. The predicted molar refractivity (Wildman–Crippen MR) is 149 cm³/mol. The quantitative estimate of drug-likeness (QED) is 0.363. The Morgan fingerprint density at radius 2 is 1.58 bits per heavy atom. The molecular weight excluding hydrogens is 498 g/mol. The van der Waals surface area contributed by atoms with E-state index in [1.165, 1.54) is 16.5 Å².